The summed E-state index contributed by atoms with van der Waals surface area (Å²) in [6, 6.07) is 12.2. The molecule has 9 nitrogen and oxygen atoms in total. The zero-order valence-electron chi connectivity index (χ0n) is 19.7. The van der Waals surface area contributed by atoms with Gasteiger partial charge in [-0.1, -0.05) is 18.2 Å². The van der Waals surface area contributed by atoms with E-state index in [2.05, 4.69) is 4.72 Å². The van der Waals surface area contributed by atoms with Crippen LogP contribution in [0.4, 0.5) is 21.9 Å². The molecule has 2 aromatic rings. The van der Waals surface area contributed by atoms with Gasteiger partial charge in [0.15, 0.2) is 0 Å². The number of nitrogens with zero attached hydrogens (tertiary/aromatic N) is 3. The topological polar surface area (TPSA) is 99.3 Å². The first-order chi connectivity index (χ1) is 15.4. The fourth-order valence-electron chi connectivity index (χ4n) is 3.73. The summed E-state index contributed by atoms with van der Waals surface area (Å²) in [5, 5.41) is 0. The summed E-state index contributed by atoms with van der Waals surface area (Å²) < 4.78 is 33.4. The molecule has 1 atom stereocenters. The minimum Gasteiger partial charge on any atom is -0.446 e. The summed E-state index contributed by atoms with van der Waals surface area (Å²) in [6.07, 6.45) is -0.766. The van der Waals surface area contributed by atoms with Crippen LogP contribution < -0.4 is 14.5 Å². The predicted octanol–water partition coefficient (Wildman–Crippen LogP) is 3.68. The second-order valence-corrected chi connectivity index (χ2v) is 10.3. The maximum absolute atomic E-state index is 12.8. The quantitative estimate of drug-likeness (QED) is 0.713. The predicted molar refractivity (Wildman–Crippen MR) is 130 cm³/mol. The first kappa shape index (κ1) is 24.5. The van der Waals surface area contributed by atoms with Crippen molar-refractivity contribution in [3.05, 3.63) is 42.5 Å². The Morgan fingerprint density at radius 3 is 2.36 bits per heavy atom. The first-order valence-corrected chi connectivity index (χ1v) is 12.1. The van der Waals surface area contributed by atoms with Crippen LogP contribution >= 0.6 is 0 Å². The Morgan fingerprint density at radius 2 is 1.76 bits per heavy atom. The van der Waals surface area contributed by atoms with E-state index in [1.807, 2.05) is 25.1 Å². The molecule has 0 saturated carbocycles. The summed E-state index contributed by atoms with van der Waals surface area (Å²) in [5.41, 5.74) is 3.11. The second kappa shape index (κ2) is 9.40. The van der Waals surface area contributed by atoms with Crippen LogP contribution in [-0.2, 0) is 19.7 Å². The van der Waals surface area contributed by atoms with Crippen LogP contribution in [0.5, 0.6) is 0 Å². The minimum absolute atomic E-state index is 0.117. The Bertz CT molecular complexity index is 1160. The van der Waals surface area contributed by atoms with Gasteiger partial charge in [-0.25, -0.2) is 4.79 Å². The van der Waals surface area contributed by atoms with Crippen molar-refractivity contribution in [2.75, 3.05) is 35.2 Å². The van der Waals surface area contributed by atoms with E-state index in [0.717, 1.165) is 15.4 Å². The summed E-state index contributed by atoms with van der Waals surface area (Å²) >= 11 is 0. The number of carbonyl (C=O) groups excluding carboxylic acids is 2. The SMILES string of the molecule is CC(=O)N1c2ccc(-c3cccc(NS(=O)(=O)N(C)C)c3)cc2N(C(=O)OC(C)C)C[C@@H]1C. The Labute approximate surface area is 195 Å². The lowest BCUT2D eigenvalue weighted by Crippen LogP contribution is -2.51. The number of benzene rings is 2. The fourth-order valence-corrected chi connectivity index (χ4v) is 4.33. The standard InChI is InChI=1S/C23H30N4O5S/c1-15(2)32-23(29)26-14-16(3)27(17(4)28)21-11-10-19(13-22(21)26)18-8-7-9-20(12-18)24-33(30,31)25(5)6/h7-13,15-16,24H,14H2,1-6H3/t16-/m0/s1. The lowest BCUT2D eigenvalue weighted by Gasteiger charge is -2.40. The number of fused-ring (bicyclic) bond motifs is 1. The van der Waals surface area contributed by atoms with Crippen LogP contribution in [-0.4, -0.2) is 57.5 Å². The van der Waals surface area contributed by atoms with E-state index in [0.29, 0.717) is 23.6 Å². The average molecular weight is 475 g/mol. The van der Waals surface area contributed by atoms with Gasteiger partial charge in [-0.15, -0.1) is 0 Å². The first-order valence-electron chi connectivity index (χ1n) is 10.6. The molecule has 1 N–H and O–H groups in total. The Morgan fingerprint density at radius 1 is 1.09 bits per heavy atom. The number of hydrogen-bond donors (Lipinski definition) is 1. The van der Waals surface area contributed by atoms with Crippen molar-refractivity contribution in [3.8, 4) is 11.1 Å². The molecule has 10 heteroatoms. The van der Waals surface area contributed by atoms with Crippen molar-refractivity contribution in [1.82, 2.24) is 4.31 Å². The van der Waals surface area contributed by atoms with Gasteiger partial charge in [0.25, 0.3) is 0 Å². The fraction of sp³-hybridized carbons (Fsp3) is 0.391. The number of hydrogen-bond acceptors (Lipinski definition) is 5. The van der Waals surface area contributed by atoms with E-state index in [1.165, 1.54) is 21.0 Å². The Balaban J connectivity index is 2.06. The number of carbonyl (C=O) groups is 2. The molecule has 0 aliphatic carbocycles. The summed E-state index contributed by atoms with van der Waals surface area (Å²) in [4.78, 5) is 28.4. The highest BCUT2D eigenvalue weighted by molar-refractivity contribution is 7.90. The van der Waals surface area contributed by atoms with Crippen LogP contribution in [0.25, 0.3) is 11.1 Å². The highest BCUT2D eigenvalue weighted by atomic mass is 32.2. The lowest BCUT2D eigenvalue weighted by molar-refractivity contribution is -0.117. The smallest absolute Gasteiger partial charge is 0.414 e. The van der Waals surface area contributed by atoms with E-state index in [1.54, 1.807) is 47.9 Å². The maximum Gasteiger partial charge on any atom is 0.414 e. The minimum atomic E-state index is -3.65. The average Bonchev–Trinajstić information content (AvgIpc) is 2.71. The zero-order chi connectivity index (χ0) is 24.5. The van der Waals surface area contributed by atoms with E-state index < -0.39 is 16.3 Å². The van der Waals surface area contributed by atoms with Gasteiger partial charge >= 0.3 is 16.3 Å². The Hall–Kier alpha value is -3.11. The Kier molecular flexibility index (Phi) is 6.99. The van der Waals surface area contributed by atoms with Crippen molar-refractivity contribution in [2.24, 2.45) is 0 Å². The molecule has 0 bridgehead atoms. The third-order valence-electron chi connectivity index (χ3n) is 5.23. The molecule has 3 rings (SSSR count). The van der Waals surface area contributed by atoms with Crippen molar-refractivity contribution >= 4 is 39.3 Å². The molecule has 0 fully saturated rings. The highest BCUT2D eigenvalue weighted by Gasteiger charge is 2.34. The third kappa shape index (κ3) is 5.28. The summed E-state index contributed by atoms with van der Waals surface area (Å²) in [5.74, 6) is -0.117. The normalized spacial score (nSPS) is 16.1. The molecule has 0 spiro atoms. The van der Waals surface area contributed by atoms with Gasteiger partial charge in [0.05, 0.1) is 29.2 Å². The molecule has 1 heterocycles. The van der Waals surface area contributed by atoms with Crippen molar-refractivity contribution in [1.29, 1.82) is 0 Å². The van der Waals surface area contributed by atoms with E-state index in [9.17, 15) is 18.0 Å². The van der Waals surface area contributed by atoms with Gasteiger partial charge < -0.3 is 9.64 Å². The summed E-state index contributed by atoms with van der Waals surface area (Å²) in [6.45, 7) is 7.24. The van der Waals surface area contributed by atoms with Gasteiger partial charge in [0.1, 0.15) is 0 Å². The van der Waals surface area contributed by atoms with Crippen LogP contribution in [0.3, 0.4) is 0 Å². The number of ether oxygens (including phenoxy) is 1. The van der Waals surface area contributed by atoms with Crippen molar-refractivity contribution in [3.63, 3.8) is 0 Å². The molecular weight excluding hydrogens is 444 g/mol. The molecule has 2 aromatic carbocycles. The number of rotatable bonds is 5. The number of anilines is 3. The largest absolute Gasteiger partial charge is 0.446 e. The van der Waals surface area contributed by atoms with Crippen LogP contribution in [0, 0.1) is 0 Å². The van der Waals surface area contributed by atoms with Crippen molar-refractivity contribution in [2.45, 2.75) is 39.8 Å². The molecule has 1 aliphatic heterocycles. The third-order valence-corrected chi connectivity index (χ3v) is 6.69. The number of amides is 2. The summed E-state index contributed by atoms with van der Waals surface area (Å²) in [7, 11) is -0.756. The molecule has 0 radical (unpaired) electrons. The molecule has 0 saturated heterocycles. The molecule has 33 heavy (non-hydrogen) atoms. The van der Waals surface area contributed by atoms with Gasteiger partial charge in [-0.05, 0) is 56.2 Å². The maximum atomic E-state index is 12.8. The second-order valence-electron chi connectivity index (χ2n) is 8.45. The van der Waals surface area contributed by atoms with Gasteiger partial charge in [0, 0.05) is 27.6 Å². The monoisotopic (exact) mass is 474 g/mol. The molecule has 2 amide bonds. The van der Waals surface area contributed by atoms with Gasteiger partial charge in [-0.3, -0.25) is 14.4 Å². The highest BCUT2D eigenvalue weighted by Crippen LogP contribution is 2.39. The van der Waals surface area contributed by atoms with Gasteiger partial charge in [0.2, 0.25) is 5.91 Å². The molecule has 0 aromatic heterocycles. The molecule has 0 unspecified atom stereocenters. The zero-order valence-corrected chi connectivity index (χ0v) is 20.5. The van der Waals surface area contributed by atoms with Gasteiger partial charge in [-0.2, -0.15) is 12.7 Å². The molecular formula is C23H30N4O5S. The lowest BCUT2D eigenvalue weighted by atomic mass is 10.0. The molecule has 1 aliphatic rings. The van der Waals surface area contributed by atoms with E-state index >= 15 is 0 Å². The van der Waals surface area contributed by atoms with Crippen LogP contribution in [0.15, 0.2) is 42.5 Å². The van der Waals surface area contributed by atoms with E-state index in [4.69, 9.17) is 4.74 Å². The molecule has 178 valence electrons. The van der Waals surface area contributed by atoms with E-state index in [-0.39, 0.29) is 18.1 Å². The van der Waals surface area contributed by atoms with Crippen molar-refractivity contribution < 1.29 is 22.7 Å². The van der Waals surface area contributed by atoms with Crippen LogP contribution in [0.2, 0.25) is 0 Å². The number of nitrogens with one attached hydrogen (secondary N) is 1. The van der Waals surface area contributed by atoms with Crippen LogP contribution in [0.1, 0.15) is 27.7 Å².